The molecular weight excluding hydrogens is 292 g/mol. The van der Waals surface area contributed by atoms with Crippen LogP contribution in [0, 0.1) is 0 Å². The molecule has 0 aliphatic rings. The minimum absolute atomic E-state index is 0.455. The van der Waals surface area contributed by atoms with E-state index in [1.54, 1.807) is 11.3 Å². The Hall–Kier alpha value is -0.750. The zero-order valence-electron chi connectivity index (χ0n) is 12.4. The molecule has 20 heavy (non-hydrogen) atoms. The van der Waals surface area contributed by atoms with E-state index in [-0.39, 0.29) is 0 Å². The van der Waals surface area contributed by atoms with E-state index in [4.69, 9.17) is 11.6 Å². The van der Waals surface area contributed by atoms with Gasteiger partial charge in [-0.1, -0.05) is 18.5 Å². The maximum Gasteiger partial charge on any atom is 0.145 e. The number of hydrogen-bond donors (Lipinski definition) is 0. The summed E-state index contributed by atoms with van der Waals surface area (Å²) in [6, 6.07) is 2.43. The fourth-order valence-electron chi connectivity index (χ4n) is 2.34. The van der Waals surface area contributed by atoms with Gasteiger partial charge in [0.25, 0.3) is 0 Å². The van der Waals surface area contributed by atoms with Crippen molar-refractivity contribution >= 4 is 33.2 Å². The van der Waals surface area contributed by atoms with E-state index in [0.717, 1.165) is 35.7 Å². The number of rotatable bonds is 6. The van der Waals surface area contributed by atoms with Gasteiger partial charge >= 0.3 is 0 Å². The largest absolute Gasteiger partial charge is 0.308 e. The molecule has 110 valence electrons. The van der Waals surface area contributed by atoms with Crippen LogP contribution in [0.25, 0.3) is 10.2 Å². The van der Waals surface area contributed by atoms with Crippen molar-refractivity contribution in [2.75, 3.05) is 27.2 Å². The molecule has 2 aromatic rings. The average Bonchev–Trinajstić information content (AvgIpc) is 2.83. The summed E-state index contributed by atoms with van der Waals surface area (Å²) in [6.07, 6.45) is 0. The van der Waals surface area contributed by atoms with E-state index in [1.165, 1.54) is 0 Å². The quantitative estimate of drug-likeness (QED) is 0.767. The SMILES string of the molecule is CCN(Cc1nc(Cl)c2ccsc2n1)C(C)CN(C)C. The lowest BCUT2D eigenvalue weighted by molar-refractivity contribution is 0.171. The van der Waals surface area contributed by atoms with Crippen molar-refractivity contribution < 1.29 is 0 Å². The number of halogens is 1. The monoisotopic (exact) mass is 312 g/mol. The smallest absolute Gasteiger partial charge is 0.145 e. The molecule has 1 unspecified atom stereocenters. The summed E-state index contributed by atoms with van der Waals surface area (Å²) in [7, 11) is 4.19. The number of nitrogens with zero attached hydrogens (tertiary/aromatic N) is 4. The Morgan fingerprint density at radius 3 is 2.75 bits per heavy atom. The Morgan fingerprint density at radius 2 is 2.10 bits per heavy atom. The van der Waals surface area contributed by atoms with Crippen molar-refractivity contribution in [1.29, 1.82) is 0 Å². The zero-order chi connectivity index (χ0) is 14.7. The first kappa shape index (κ1) is 15.6. The van der Waals surface area contributed by atoms with Gasteiger partial charge in [-0.2, -0.15) is 0 Å². The fourth-order valence-corrected chi connectivity index (χ4v) is 3.43. The van der Waals surface area contributed by atoms with Gasteiger partial charge in [-0.15, -0.1) is 11.3 Å². The van der Waals surface area contributed by atoms with Gasteiger partial charge < -0.3 is 4.90 Å². The number of likely N-dealkylation sites (N-methyl/N-ethyl adjacent to an activating group) is 2. The summed E-state index contributed by atoms with van der Waals surface area (Å²) >= 11 is 7.83. The molecule has 0 aliphatic carbocycles. The Kier molecular flexibility index (Phi) is 5.32. The van der Waals surface area contributed by atoms with E-state index in [0.29, 0.717) is 11.2 Å². The van der Waals surface area contributed by atoms with Crippen LogP contribution in [0.2, 0.25) is 5.15 Å². The standard InChI is InChI=1S/C14H21ClN4S/c1-5-19(10(2)8-18(3)4)9-12-16-13(15)11-6-7-20-14(11)17-12/h6-7,10H,5,8-9H2,1-4H3. The molecular formula is C14H21ClN4S. The zero-order valence-corrected chi connectivity index (χ0v) is 14.0. The molecule has 0 fully saturated rings. The first-order chi connectivity index (χ1) is 9.51. The Balaban J connectivity index is 2.16. The van der Waals surface area contributed by atoms with Crippen LogP contribution in [0.3, 0.4) is 0 Å². The minimum atomic E-state index is 0.455. The molecule has 1 atom stereocenters. The second kappa shape index (κ2) is 6.80. The first-order valence-corrected chi connectivity index (χ1v) is 8.05. The van der Waals surface area contributed by atoms with E-state index in [9.17, 15) is 0 Å². The van der Waals surface area contributed by atoms with Gasteiger partial charge in [-0.05, 0) is 39.0 Å². The maximum atomic E-state index is 6.22. The predicted octanol–water partition coefficient (Wildman–Crippen LogP) is 3.12. The molecule has 0 amide bonds. The predicted molar refractivity (Wildman–Crippen MR) is 86.5 cm³/mol. The highest BCUT2D eigenvalue weighted by Crippen LogP contribution is 2.25. The van der Waals surface area contributed by atoms with Gasteiger partial charge in [0, 0.05) is 18.0 Å². The second-order valence-electron chi connectivity index (χ2n) is 5.24. The molecule has 0 aromatic carbocycles. The average molecular weight is 313 g/mol. The van der Waals surface area contributed by atoms with Crippen LogP contribution < -0.4 is 0 Å². The minimum Gasteiger partial charge on any atom is -0.308 e. The topological polar surface area (TPSA) is 32.3 Å². The van der Waals surface area contributed by atoms with Crippen LogP contribution in [0.15, 0.2) is 11.4 Å². The summed E-state index contributed by atoms with van der Waals surface area (Å²) in [5.74, 6) is 0.803. The highest BCUT2D eigenvalue weighted by molar-refractivity contribution is 7.16. The first-order valence-electron chi connectivity index (χ1n) is 6.79. The van der Waals surface area contributed by atoms with Crippen molar-refractivity contribution in [3.05, 3.63) is 22.4 Å². The van der Waals surface area contributed by atoms with Crippen molar-refractivity contribution in [2.24, 2.45) is 0 Å². The van der Waals surface area contributed by atoms with Gasteiger partial charge in [0.05, 0.1) is 6.54 Å². The van der Waals surface area contributed by atoms with E-state index < -0.39 is 0 Å². The highest BCUT2D eigenvalue weighted by atomic mass is 35.5. The molecule has 0 aliphatic heterocycles. The van der Waals surface area contributed by atoms with Crippen molar-refractivity contribution in [1.82, 2.24) is 19.8 Å². The molecule has 4 nitrogen and oxygen atoms in total. The van der Waals surface area contributed by atoms with Crippen LogP contribution in [-0.2, 0) is 6.54 Å². The normalized spacial score (nSPS) is 13.6. The van der Waals surface area contributed by atoms with E-state index in [2.05, 4.69) is 47.7 Å². The van der Waals surface area contributed by atoms with Crippen LogP contribution in [0.4, 0.5) is 0 Å². The van der Waals surface area contributed by atoms with E-state index in [1.807, 2.05) is 11.4 Å². The van der Waals surface area contributed by atoms with Crippen LogP contribution in [0.5, 0.6) is 0 Å². The number of hydrogen-bond acceptors (Lipinski definition) is 5. The third-order valence-corrected chi connectivity index (χ3v) is 4.42. The van der Waals surface area contributed by atoms with Crippen molar-refractivity contribution in [2.45, 2.75) is 26.4 Å². The number of thiophene rings is 1. The molecule has 0 N–H and O–H groups in total. The molecule has 0 radical (unpaired) electrons. The van der Waals surface area contributed by atoms with Gasteiger partial charge in [0.2, 0.25) is 0 Å². The molecule has 2 rings (SSSR count). The molecule has 0 bridgehead atoms. The number of fused-ring (bicyclic) bond motifs is 1. The lowest BCUT2D eigenvalue weighted by Gasteiger charge is -2.29. The summed E-state index contributed by atoms with van der Waals surface area (Å²) in [6.45, 7) is 7.12. The van der Waals surface area contributed by atoms with Gasteiger partial charge in [-0.3, -0.25) is 4.90 Å². The summed E-state index contributed by atoms with van der Waals surface area (Å²) in [5, 5.41) is 3.51. The highest BCUT2D eigenvalue weighted by Gasteiger charge is 2.16. The fraction of sp³-hybridized carbons (Fsp3) is 0.571. The van der Waals surface area contributed by atoms with E-state index >= 15 is 0 Å². The Bertz CT molecular complexity index is 569. The summed E-state index contributed by atoms with van der Waals surface area (Å²) in [5.41, 5.74) is 0. The Labute approximate surface area is 129 Å². The maximum absolute atomic E-state index is 6.22. The molecule has 2 aromatic heterocycles. The van der Waals surface area contributed by atoms with Gasteiger partial charge in [0.1, 0.15) is 15.8 Å². The third kappa shape index (κ3) is 3.67. The molecule has 0 saturated carbocycles. The van der Waals surface area contributed by atoms with Crippen molar-refractivity contribution in [3.8, 4) is 0 Å². The summed E-state index contributed by atoms with van der Waals surface area (Å²) < 4.78 is 0. The third-order valence-electron chi connectivity index (χ3n) is 3.33. The van der Waals surface area contributed by atoms with Crippen molar-refractivity contribution in [3.63, 3.8) is 0 Å². The lowest BCUT2D eigenvalue weighted by Crippen LogP contribution is -2.39. The van der Waals surface area contributed by atoms with Crippen LogP contribution in [-0.4, -0.2) is 53.0 Å². The molecule has 6 heteroatoms. The second-order valence-corrected chi connectivity index (χ2v) is 6.50. The van der Waals surface area contributed by atoms with Crippen LogP contribution >= 0.6 is 22.9 Å². The number of aromatic nitrogens is 2. The molecule has 0 spiro atoms. The van der Waals surface area contributed by atoms with Gasteiger partial charge in [-0.25, -0.2) is 9.97 Å². The summed E-state index contributed by atoms with van der Waals surface area (Å²) in [4.78, 5) is 14.6. The molecule has 2 heterocycles. The lowest BCUT2D eigenvalue weighted by atomic mass is 10.2. The van der Waals surface area contributed by atoms with Gasteiger partial charge in [0.15, 0.2) is 0 Å². The Morgan fingerprint density at radius 1 is 1.35 bits per heavy atom. The molecule has 0 saturated heterocycles. The van der Waals surface area contributed by atoms with Crippen LogP contribution in [0.1, 0.15) is 19.7 Å².